The number of carbonyl (C=O) groups excluding carboxylic acids is 2. The van der Waals surface area contributed by atoms with Gasteiger partial charge in [-0.3, -0.25) is 14.5 Å². The third-order valence-corrected chi connectivity index (χ3v) is 3.41. The van der Waals surface area contributed by atoms with E-state index in [1.165, 1.54) is 4.90 Å². The van der Waals surface area contributed by atoms with Crippen LogP contribution in [0.2, 0.25) is 0 Å². The largest absolute Gasteiger partial charge is 0.314 e. The summed E-state index contributed by atoms with van der Waals surface area (Å²) in [7, 11) is 0. The van der Waals surface area contributed by atoms with E-state index in [0.717, 1.165) is 19.6 Å². The first-order chi connectivity index (χ1) is 8.77. The summed E-state index contributed by atoms with van der Waals surface area (Å²) in [5.41, 5.74) is 1.04. The molecule has 1 unspecified atom stereocenters. The Bertz CT molecular complexity index is 469. The second-order valence-electron chi connectivity index (χ2n) is 4.62. The molecule has 1 aromatic carbocycles. The van der Waals surface area contributed by atoms with E-state index >= 15 is 0 Å². The number of nitrogens with one attached hydrogen (secondary N) is 2. The molecule has 0 bridgehead atoms. The van der Waals surface area contributed by atoms with Gasteiger partial charge in [0.2, 0.25) is 0 Å². The first-order valence-electron chi connectivity index (χ1n) is 6.16. The number of rotatable bonds is 2. The van der Waals surface area contributed by atoms with Crippen LogP contribution in [0.4, 0.5) is 0 Å². The van der Waals surface area contributed by atoms with E-state index in [1.807, 2.05) is 0 Å². The first-order valence-corrected chi connectivity index (χ1v) is 6.16. The molecule has 1 fully saturated rings. The number of imide groups is 1. The average Bonchev–Trinajstić information content (AvgIpc) is 2.66. The Kier molecular flexibility index (Phi) is 5.95. The number of nitrogens with zero attached hydrogens (tertiary/aromatic N) is 1. The van der Waals surface area contributed by atoms with Gasteiger partial charge in [0.15, 0.2) is 0 Å². The summed E-state index contributed by atoms with van der Waals surface area (Å²) in [6, 6.07) is 7.13. The molecule has 0 radical (unpaired) electrons. The smallest absolute Gasteiger partial charge is 0.261 e. The summed E-state index contributed by atoms with van der Waals surface area (Å²) in [4.78, 5) is 25.6. The molecule has 1 aromatic rings. The van der Waals surface area contributed by atoms with Crippen LogP contribution in [-0.2, 0) is 0 Å². The zero-order valence-electron chi connectivity index (χ0n) is 10.8. The van der Waals surface area contributed by atoms with Crippen LogP contribution in [-0.4, -0.2) is 48.9 Å². The van der Waals surface area contributed by atoms with Gasteiger partial charge in [-0.15, -0.1) is 24.8 Å². The summed E-state index contributed by atoms with van der Waals surface area (Å²) in [6.07, 6.45) is 0. The van der Waals surface area contributed by atoms with Crippen LogP contribution in [0.3, 0.4) is 0 Å². The molecule has 2 amide bonds. The van der Waals surface area contributed by atoms with Gasteiger partial charge in [0, 0.05) is 32.2 Å². The topological polar surface area (TPSA) is 61.4 Å². The molecule has 2 heterocycles. The second kappa shape index (κ2) is 7.04. The van der Waals surface area contributed by atoms with Gasteiger partial charge in [0.25, 0.3) is 11.8 Å². The van der Waals surface area contributed by atoms with Gasteiger partial charge in [-0.05, 0) is 12.1 Å². The number of hydrogen-bond acceptors (Lipinski definition) is 4. The van der Waals surface area contributed by atoms with Crippen LogP contribution in [0.5, 0.6) is 0 Å². The maximum Gasteiger partial charge on any atom is 0.261 e. The molecule has 2 aliphatic rings. The third kappa shape index (κ3) is 2.96. The fraction of sp³-hybridized carbons (Fsp3) is 0.385. The number of amides is 2. The monoisotopic (exact) mass is 317 g/mol. The molecule has 0 aromatic heterocycles. The lowest BCUT2D eigenvalue weighted by molar-refractivity contribution is 0.0635. The maximum atomic E-state index is 12.1. The fourth-order valence-electron chi connectivity index (χ4n) is 2.47. The predicted octanol–water partition coefficient (Wildman–Crippen LogP) is 0.688. The van der Waals surface area contributed by atoms with Crippen molar-refractivity contribution in [2.24, 2.45) is 0 Å². The van der Waals surface area contributed by atoms with Gasteiger partial charge < -0.3 is 10.6 Å². The molecule has 5 nitrogen and oxygen atoms in total. The Morgan fingerprint density at radius 2 is 1.65 bits per heavy atom. The minimum absolute atomic E-state index is 0. The number of halogens is 2. The van der Waals surface area contributed by atoms with Gasteiger partial charge >= 0.3 is 0 Å². The van der Waals surface area contributed by atoms with Crippen molar-refractivity contribution in [1.82, 2.24) is 15.5 Å². The predicted molar refractivity (Wildman–Crippen MR) is 81.0 cm³/mol. The molecule has 2 N–H and O–H groups in total. The normalized spacial score (nSPS) is 21.0. The molecule has 0 saturated carbocycles. The van der Waals surface area contributed by atoms with Crippen molar-refractivity contribution in [2.45, 2.75) is 6.04 Å². The van der Waals surface area contributed by atoms with E-state index in [4.69, 9.17) is 0 Å². The van der Waals surface area contributed by atoms with E-state index in [-0.39, 0.29) is 42.7 Å². The molecule has 0 spiro atoms. The minimum Gasteiger partial charge on any atom is -0.314 e. The first kappa shape index (κ1) is 16.9. The summed E-state index contributed by atoms with van der Waals surface area (Å²) in [5, 5.41) is 6.55. The highest BCUT2D eigenvalue weighted by molar-refractivity contribution is 6.21. The molecular formula is C13H17Cl2N3O2. The highest BCUT2D eigenvalue weighted by atomic mass is 35.5. The standard InChI is InChI=1S/C13H15N3O2.2ClH/c17-12-10-3-1-2-4-11(10)13(18)16(12)8-9-7-14-5-6-15-9;;/h1-4,9,14-15H,5-8H2;2*1H. The zero-order valence-corrected chi connectivity index (χ0v) is 12.4. The Morgan fingerprint density at radius 1 is 1.05 bits per heavy atom. The van der Waals surface area contributed by atoms with Crippen LogP contribution < -0.4 is 10.6 Å². The molecule has 1 atom stereocenters. The zero-order chi connectivity index (χ0) is 12.5. The Morgan fingerprint density at radius 3 is 2.15 bits per heavy atom. The lowest BCUT2D eigenvalue weighted by atomic mass is 10.1. The molecular weight excluding hydrogens is 301 g/mol. The van der Waals surface area contributed by atoms with Crippen LogP contribution in [0, 0.1) is 0 Å². The van der Waals surface area contributed by atoms with Gasteiger partial charge in [-0.2, -0.15) is 0 Å². The fourth-order valence-corrected chi connectivity index (χ4v) is 2.47. The van der Waals surface area contributed by atoms with Crippen LogP contribution in [0.15, 0.2) is 24.3 Å². The third-order valence-electron chi connectivity index (χ3n) is 3.41. The van der Waals surface area contributed by atoms with E-state index in [2.05, 4.69) is 10.6 Å². The van der Waals surface area contributed by atoms with Crippen LogP contribution >= 0.6 is 24.8 Å². The SMILES string of the molecule is Cl.Cl.O=C1c2ccccc2C(=O)N1CC1CNCCN1. The molecule has 2 aliphatic heterocycles. The van der Waals surface area contributed by atoms with Gasteiger partial charge in [-0.1, -0.05) is 12.1 Å². The van der Waals surface area contributed by atoms with E-state index < -0.39 is 0 Å². The summed E-state index contributed by atoms with van der Waals surface area (Å²) in [6.45, 7) is 3.01. The molecule has 0 aliphatic carbocycles. The highest BCUT2D eigenvalue weighted by Gasteiger charge is 2.36. The van der Waals surface area contributed by atoms with E-state index in [0.29, 0.717) is 17.7 Å². The van der Waals surface area contributed by atoms with Crippen LogP contribution in [0.25, 0.3) is 0 Å². The summed E-state index contributed by atoms with van der Waals surface area (Å²) < 4.78 is 0. The molecule has 7 heteroatoms. The summed E-state index contributed by atoms with van der Waals surface area (Å²) in [5.74, 6) is -0.356. The van der Waals surface area contributed by atoms with Crippen molar-refractivity contribution >= 4 is 36.6 Å². The number of hydrogen-bond donors (Lipinski definition) is 2. The molecule has 20 heavy (non-hydrogen) atoms. The van der Waals surface area contributed by atoms with Crippen molar-refractivity contribution in [3.63, 3.8) is 0 Å². The van der Waals surface area contributed by atoms with Gasteiger partial charge in [-0.25, -0.2) is 0 Å². The number of piperazine rings is 1. The Balaban J connectivity index is 0.000001000. The molecule has 110 valence electrons. The number of carbonyl (C=O) groups is 2. The average molecular weight is 318 g/mol. The number of benzene rings is 1. The van der Waals surface area contributed by atoms with Crippen molar-refractivity contribution in [3.8, 4) is 0 Å². The van der Waals surface area contributed by atoms with Crippen LogP contribution in [0.1, 0.15) is 20.7 Å². The minimum atomic E-state index is -0.178. The maximum absolute atomic E-state index is 12.1. The molecule has 3 rings (SSSR count). The Hall–Kier alpha value is -1.14. The lowest BCUT2D eigenvalue weighted by Crippen LogP contribution is -2.54. The Labute approximate surface area is 129 Å². The quantitative estimate of drug-likeness (QED) is 0.788. The number of fused-ring (bicyclic) bond motifs is 1. The van der Waals surface area contributed by atoms with E-state index in [9.17, 15) is 9.59 Å². The molecule has 1 saturated heterocycles. The van der Waals surface area contributed by atoms with Gasteiger partial charge in [0.1, 0.15) is 0 Å². The lowest BCUT2D eigenvalue weighted by Gasteiger charge is -2.27. The van der Waals surface area contributed by atoms with Crippen molar-refractivity contribution < 1.29 is 9.59 Å². The van der Waals surface area contributed by atoms with Crippen molar-refractivity contribution in [3.05, 3.63) is 35.4 Å². The van der Waals surface area contributed by atoms with Crippen molar-refractivity contribution in [1.29, 1.82) is 0 Å². The highest BCUT2D eigenvalue weighted by Crippen LogP contribution is 2.22. The van der Waals surface area contributed by atoms with Gasteiger partial charge in [0.05, 0.1) is 11.1 Å². The second-order valence-corrected chi connectivity index (χ2v) is 4.62. The summed E-state index contributed by atoms with van der Waals surface area (Å²) >= 11 is 0. The van der Waals surface area contributed by atoms with Crippen molar-refractivity contribution in [2.75, 3.05) is 26.2 Å². The van der Waals surface area contributed by atoms with E-state index in [1.54, 1.807) is 24.3 Å².